The number of nitrogens with zero attached hydrogens (tertiary/aromatic N) is 3. The van der Waals surface area contributed by atoms with Gasteiger partial charge in [-0.05, 0) is 37.5 Å². The Bertz CT molecular complexity index is 607. The first-order valence-corrected chi connectivity index (χ1v) is 7.70. The van der Waals surface area contributed by atoms with Crippen LogP contribution in [-0.2, 0) is 0 Å². The zero-order valence-corrected chi connectivity index (χ0v) is 13.7. The minimum Gasteiger partial charge on any atom is -0.437 e. The van der Waals surface area contributed by atoms with Crippen molar-refractivity contribution in [3.8, 4) is 11.6 Å². The van der Waals surface area contributed by atoms with E-state index in [-0.39, 0.29) is 0 Å². The third kappa shape index (κ3) is 3.47. The molecule has 0 unspecified atom stereocenters. The molecule has 1 heterocycles. The highest BCUT2D eigenvalue weighted by atomic mass is 16.5. The number of nitrogens with two attached hydrogens (primary N) is 1. The molecule has 2 aromatic rings. The van der Waals surface area contributed by atoms with Crippen LogP contribution in [0.2, 0.25) is 0 Å². The Labute approximate surface area is 132 Å². The maximum atomic E-state index is 6.17. The van der Waals surface area contributed by atoms with Crippen molar-refractivity contribution < 1.29 is 4.74 Å². The fourth-order valence-corrected chi connectivity index (χ4v) is 2.26. The van der Waals surface area contributed by atoms with Gasteiger partial charge in [0.1, 0.15) is 17.8 Å². The van der Waals surface area contributed by atoms with Crippen LogP contribution in [0.4, 0.5) is 11.5 Å². The van der Waals surface area contributed by atoms with Crippen LogP contribution in [0.15, 0.2) is 30.6 Å². The van der Waals surface area contributed by atoms with Gasteiger partial charge in [-0.1, -0.05) is 26.0 Å². The van der Waals surface area contributed by atoms with Crippen molar-refractivity contribution >= 4 is 11.5 Å². The van der Waals surface area contributed by atoms with Gasteiger partial charge in [0.05, 0.1) is 0 Å². The van der Waals surface area contributed by atoms with Crippen molar-refractivity contribution in [1.82, 2.24) is 9.97 Å². The summed E-state index contributed by atoms with van der Waals surface area (Å²) < 4.78 is 5.82. The van der Waals surface area contributed by atoms with Gasteiger partial charge in [-0.2, -0.15) is 4.98 Å². The van der Waals surface area contributed by atoms with Crippen LogP contribution < -0.4 is 15.4 Å². The van der Waals surface area contributed by atoms with Crippen molar-refractivity contribution in [1.29, 1.82) is 0 Å². The molecule has 2 N–H and O–H groups in total. The molecule has 0 saturated heterocycles. The molecule has 118 valence electrons. The SMILES string of the molecule is CCN(CC)c1ncnc(Oc2ccc(C(C)C)cc2)c1N. The van der Waals surface area contributed by atoms with Crippen molar-refractivity contribution in [2.45, 2.75) is 33.6 Å². The van der Waals surface area contributed by atoms with E-state index < -0.39 is 0 Å². The van der Waals surface area contributed by atoms with E-state index in [1.807, 2.05) is 12.1 Å². The maximum absolute atomic E-state index is 6.17. The summed E-state index contributed by atoms with van der Waals surface area (Å²) in [4.78, 5) is 10.5. The van der Waals surface area contributed by atoms with E-state index in [2.05, 4.69) is 54.7 Å². The number of aromatic nitrogens is 2. The quantitative estimate of drug-likeness (QED) is 0.878. The Hall–Kier alpha value is -2.30. The summed E-state index contributed by atoms with van der Waals surface area (Å²) in [6.07, 6.45) is 1.49. The molecule has 0 saturated carbocycles. The number of hydrogen-bond donors (Lipinski definition) is 1. The molecule has 0 fully saturated rings. The molecule has 0 atom stereocenters. The highest BCUT2D eigenvalue weighted by Gasteiger charge is 2.14. The summed E-state index contributed by atoms with van der Waals surface area (Å²) in [6.45, 7) is 10.1. The Morgan fingerprint density at radius 3 is 2.27 bits per heavy atom. The van der Waals surface area contributed by atoms with Gasteiger partial charge < -0.3 is 15.4 Å². The lowest BCUT2D eigenvalue weighted by molar-refractivity contribution is 0.464. The summed E-state index contributed by atoms with van der Waals surface area (Å²) in [5, 5.41) is 0. The number of anilines is 2. The summed E-state index contributed by atoms with van der Waals surface area (Å²) in [5.41, 5.74) is 7.91. The average molecular weight is 300 g/mol. The fraction of sp³-hybridized carbons (Fsp3) is 0.412. The van der Waals surface area contributed by atoms with Gasteiger partial charge in [-0.15, -0.1) is 0 Å². The Balaban J connectivity index is 2.24. The van der Waals surface area contributed by atoms with Gasteiger partial charge in [-0.3, -0.25) is 0 Å². The smallest absolute Gasteiger partial charge is 0.248 e. The van der Waals surface area contributed by atoms with Gasteiger partial charge in [0.25, 0.3) is 0 Å². The van der Waals surface area contributed by atoms with Crippen LogP contribution in [0.3, 0.4) is 0 Å². The molecule has 0 amide bonds. The zero-order chi connectivity index (χ0) is 16.1. The highest BCUT2D eigenvalue weighted by Crippen LogP contribution is 2.31. The number of hydrogen-bond acceptors (Lipinski definition) is 5. The third-order valence-electron chi connectivity index (χ3n) is 3.65. The van der Waals surface area contributed by atoms with Crippen molar-refractivity contribution in [2.75, 3.05) is 23.7 Å². The lowest BCUT2D eigenvalue weighted by Crippen LogP contribution is -2.24. The number of rotatable bonds is 6. The Kier molecular flexibility index (Phi) is 5.20. The number of nitrogen functional groups attached to an aromatic ring is 1. The summed E-state index contributed by atoms with van der Waals surface area (Å²) in [7, 11) is 0. The van der Waals surface area contributed by atoms with Crippen molar-refractivity contribution in [2.24, 2.45) is 0 Å². The molecule has 5 nitrogen and oxygen atoms in total. The van der Waals surface area contributed by atoms with Crippen molar-refractivity contribution in [3.05, 3.63) is 36.2 Å². The molecule has 1 aromatic heterocycles. The highest BCUT2D eigenvalue weighted by molar-refractivity contribution is 5.68. The van der Waals surface area contributed by atoms with Gasteiger partial charge in [0, 0.05) is 13.1 Å². The third-order valence-corrected chi connectivity index (χ3v) is 3.65. The maximum Gasteiger partial charge on any atom is 0.248 e. The average Bonchev–Trinajstić information content (AvgIpc) is 2.52. The second-order valence-electron chi connectivity index (χ2n) is 5.41. The number of ether oxygens (including phenoxy) is 1. The first kappa shape index (κ1) is 16.1. The fourth-order valence-electron chi connectivity index (χ4n) is 2.26. The molecule has 0 aliphatic carbocycles. The van der Waals surface area contributed by atoms with Gasteiger partial charge >= 0.3 is 0 Å². The largest absolute Gasteiger partial charge is 0.437 e. The predicted molar refractivity (Wildman–Crippen MR) is 90.6 cm³/mol. The summed E-state index contributed by atoms with van der Waals surface area (Å²) >= 11 is 0. The molecule has 22 heavy (non-hydrogen) atoms. The van der Waals surface area contributed by atoms with E-state index in [1.165, 1.54) is 11.9 Å². The minimum atomic E-state index is 0.397. The molecule has 0 aliphatic rings. The van der Waals surface area contributed by atoms with Gasteiger partial charge in [0.2, 0.25) is 5.88 Å². The Morgan fingerprint density at radius 2 is 1.73 bits per heavy atom. The van der Waals surface area contributed by atoms with Crippen LogP contribution in [0.1, 0.15) is 39.2 Å². The predicted octanol–water partition coefficient (Wildman–Crippen LogP) is 3.82. The van der Waals surface area contributed by atoms with E-state index in [4.69, 9.17) is 10.5 Å². The van der Waals surface area contributed by atoms with Gasteiger partial charge in [-0.25, -0.2) is 4.98 Å². The molecule has 5 heteroatoms. The topological polar surface area (TPSA) is 64.3 Å². The number of benzene rings is 1. The summed E-state index contributed by atoms with van der Waals surface area (Å²) in [5.74, 6) is 2.33. The van der Waals surface area contributed by atoms with Crippen LogP contribution >= 0.6 is 0 Å². The molecule has 0 radical (unpaired) electrons. The van der Waals surface area contributed by atoms with E-state index in [0.29, 0.717) is 23.3 Å². The zero-order valence-electron chi connectivity index (χ0n) is 13.7. The van der Waals surface area contributed by atoms with E-state index >= 15 is 0 Å². The normalized spacial score (nSPS) is 10.8. The van der Waals surface area contributed by atoms with Crippen molar-refractivity contribution in [3.63, 3.8) is 0 Å². The standard InChI is InChI=1S/C17H24N4O/c1-5-21(6-2)16-15(18)17(20-11-19-16)22-14-9-7-13(8-10-14)12(3)4/h7-12H,5-6,18H2,1-4H3. The molecule has 0 aliphatic heterocycles. The molecule has 0 bridgehead atoms. The lowest BCUT2D eigenvalue weighted by atomic mass is 10.0. The second kappa shape index (κ2) is 7.11. The lowest BCUT2D eigenvalue weighted by Gasteiger charge is -2.21. The van der Waals surface area contributed by atoms with Gasteiger partial charge in [0.15, 0.2) is 5.82 Å². The first-order chi connectivity index (χ1) is 10.6. The molecule has 0 spiro atoms. The molecule has 1 aromatic carbocycles. The minimum absolute atomic E-state index is 0.397. The summed E-state index contributed by atoms with van der Waals surface area (Å²) in [6, 6.07) is 7.99. The van der Waals surface area contributed by atoms with Crippen LogP contribution in [0, 0.1) is 0 Å². The van der Waals surface area contributed by atoms with E-state index in [1.54, 1.807) is 0 Å². The molecular weight excluding hydrogens is 276 g/mol. The van der Waals surface area contributed by atoms with E-state index in [9.17, 15) is 0 Å². The van der Waals surface area contributed by atoms with Crippen LogP contribution in [-0.4, -0.2) is 23.1 Å². The van der Waals surface area contributed by atoms with E-state index in [0.717, 1.165) is 18.8 Å². The first-order valence-electron chi connectivity index (χ1n) is 7.70. The van der Waals surface area contributed by atoms with Crippen LogP contribution in [0.5, 0.6) is 11.6 Å². The second-order valence-corrected chi connectivity index (χ2v) is 5.41. The molecule has 2 rings (SSSR count). The Morgan fingerprint density at radius 1 is 1.09 bits per heavy atom. The molecular formula is C17H24N4O. The monoisotopic (exact) mass is 300 g/mol. The van der Waals surface area contributed by atoms with Crippen LogP contribution in [0.25, 0.3) is 0 Å².